The number of aryl methyl sites for hydroxylation is 1. The number of hydrogen-bond acceptors (Lipinski definition) is 2. The van der Waals surface area contributed by atoms with Crippen LogP contribution in [0, 0.1) is 18.7 Å². The van der Waals surface area contributed by atoms with Gasteiger partial charge in [0.2, 0.25) is 0 Å². The van der Waals surface area contributed by atoms with Crippen LogP contribution in [-0.4, -0.2) is 30.4 Å². The molecule has 1 aliphatic heterocycles. The van der Waals surface area contributed by atoms with E-state index in [9.17, 15) is 9.18 Å². The van der Waals surface area contributed by atoms with Gasteiger partial charge in [-0.15, -0.1) is 0 Å². The molecule has 3 nitrogen and oxygen atoms in total. The van der Waals surface area contributed by atoms with Crippen molar-refractivity contribution in [1.82, 2.24) is 4.90 Å². The molecule has 0 bridgehead atoms. The zero-order valence-electron chi connectivity index (χ0n) is 10.7. The lowest BCUT2D eigenvalue weighted by molar-refractivity contribution is 0.0785. The van der Waals surface area contributed by atoms with Gasteiger partial charge < -0.3 is 10.6 Å². The zero-order chi connectivity index (χ0) is 13.1. The van der Waals surface area contributed by atoms with Crippen LogP contribution < -0.4 is 5.73 Å². The van der Waals surface area contributed by atoms with Gasteiger partial charge in [0.1, 0.15) is 5.82 Å². The average molecular weight is 250 g/mol. The van der Waals surface area contributed by atoms with Crippen LogP contribution in [0.4, 0.5) is 4.39 Å². The average Bonchev–Trinajstić information content (AvgIpc) is 2.80. The Bertz CT molecular complexity index is 447. The van der Waals surface area contributed by atoms with Crippen molar-refractivity contribution in [3.8, 4) is 0 Å². The number of nitrogens with zero attached hydrogens (tertiary/aromatic N) is 1. The van der Waals surface area contributed by atoms with E-state index < -0.39 is 0 Å². The molecule has 2 N–H and O–H groups in total. The fourth-order valence-corrected chi connectivity index (χ4v) is 2.48. The van der Waals surface area contributed by atoms with Gasteiger partial charge in [0.15, 0.2) is 0 Å². The molecule has 1 atom stereocenters. The summed E-state index contributed by atoms with van der Waals surface area (Å²) in [4.78, 5) is 14.1. The highest BCUT2D eigenvalue weighted by atomic mass is 19.1. The highest BCUT2D eigenvalue weighted by Crippen LogP contribution is 2.22. The Kier molecular flexibility index (Phi) is 3.97. The Labute approximate surface area is 107 Å². The summed E-state index contributed by atoms with van der Waals surface area (Å²) in [5, 5.41) is 0. The first-order chi connectivity index (χ1) is 8.61. The Hall–Kier alpha value is -1.42. The van der Waals surface area contributed by atoms with E-state index in [0.717, 1.165) is 31.5 Å². The second-order valence-corrected chi connectivity index (χ2v) is 4.94. The van der Waals surface area contributed by atoms with Gasteiger partial charge in [-0.1, -0.05) is 6.07 Å². The van der Waals surface area contributed by atoms with E-state index in [1.807, 2.05) is 11.8 Å². The third kappa shape index (κ3) is 2.70. The number of halogens is 1. The maximum absolute atomic E-state index is 13.2. The molecule has 0 aromatic heterocycles. The summed E-state index contributed by atoms with van der Waals surface area (Å²) >= 11 is 0. The lowest BCUT2D eigenvalue weighted by Crippen LogP contribution is -2.29. The van der Waals surface area contributed by atoms with Crippen molar-refractivity contribution in [3.05, 3.63) is 35.1 Å². The van der Waals surface area contributed by atoms with Gasteiger partial charge in [-0.2, -0.15) is 0 Å². The quantitative estimate of drug-likeness (QED) is 0.891. The van der Waals surface area contributed by atoms with Crippen LogP contribution in [-0.2, 0) is 0 Å². The number of carbonyl (C=O) groups is 1. The number of hydrogen-bond donors (Lipinski definition) is 1. The summed E-state index contributed by atoms with van der Waals surface area (Å²) in [5.74, 6) is 0.0704. The SMILES string of the molecule is Cc1ccc(F)cc1C(=O)N1CCC(CCN)C1. The molecule has 1 unspecified atom stereocenters. The van der Waals surface area contributed by atoms with Crippen LogP contribution in [0.1, 0.15) is 28.8 Å². The van der Waals surface area contributed by atoms with Crippen LogP contribution in [0.5, 0.6) is 0 Å². The molecule has 1 aromatic rings. The number of rotatable bonds is 3. The third-order valence-electron chi connectivity index (χ3n) is 3.58. The normalized spacial score (nSPS) is 19.3. The molecule has 0 spiro atoms. The molecule has 1 saturated heterocycles. The predicted molar refractivity (Wildman–Crippen MR) is 68.8 cm³/mol. The second kappa shape index (κ2) is 5.48. The molecule has 4 heteroatoms. The van der Waals surface area contributed by atoms with Crippen molar-refractivity contribution < 1.29 is 9.18 Å². The van der Waals surface area contributed by atoms with Crippen LogP contribution in [0.25, 0.3) is 0 Å². The van der Waals surface area contributed by atoms with Gasteiger partial charge >= 0.3 is 0 Å². The first-order valence-electron chi connectivity index (χ1n) is 6.37. The summed E-state index contributed by atoms with van der Waals surface area (Å²) in [6.07, 6.45) is 1.95. The first-order valence-corrected chi connectivity index (χ1v) is 6.37. The Morgan fingerprint density at radius 1 is 1.56 bits per heavy atom. The summed E-state index contributed by atoms with van der Waals surface area (Å²) in [6, 6.07) is 4.36. The molecule has 98 valence electrons. The fraction of sp³-hybridized carbons (Fsp3) is 0.500. The predicted octanol–water partition coefficient (Wildman–Crippen LogP) is 1.95. The topological polar surface area (TPSA) is 46.3 Å². The van der Waals surface area contributed by atoms with Crippen LogP contribution >= 0.6 is 0 Å². The Balaban J connectivity index is 2.10. The van der Waals surface area contributed by atoms with E-state index in [2.05, 4.69) is 0 Å². The van der Waals surface area contributed by atoms with Crippen molar-refractivity contribution in [2.75, 3.05) is 19.6 Å². The summed E-state index contributed by atoms with van der Waals surface area (Å²) in [7, 11) is 0. The number of carbonyl (C=O) groups excluding carboxylic acids is 1. The van der Waals surface area contributed by atoms with Crippen LogP contribution in [0.15, 0.2) is 18.2 Å². The van der Waals surface area contributed by atoms with Crippen molar-refractivity contribution in [2.45, 2.75) is 19.8 Å². The van der Waals surface area contributed by atoms with Gasteiger partial charge in [-0.25, -0.2) is 4.39 Å². The molecular formula is C14H19FN2O. The monoisotopic (exact) mass is 250 g/mol. The molecule has 1 fully saturated rings. The second-order valence-electron chi connectivity index (χ2n) is 4.94. The maximum atomic E-state index is 13.2. The Morgan fingerprint density at radius 2 is 2.33 bits per heavy atom. The van der Waals surface area contributed by atoms with Gasteiger partial charge in [0.05, 0.1) is 0 Å². The molecular weight excluding hydrogens is 231 g/mol. The van der Waals surface area contributed by atoms with Crippen molar-refractivity contribution >= 4 is 5.91 Å². The van der Waals surface area contributed by atoms with Gasteiger partial charge in [0.25, 0.3) is 5.91 Å². The molecule has 1 heterocycles. The van der Waals surface area contributed by atoms with Gasteiger partial charge in [0, 0.05) is 18.7 Å². The summed E-state index contributed by atoms with van der Waals surface area (Å²) in [5.41, 5.74) is 6.83. The van der Waals surface area contributed by atoms with E-state index in [-0.39, 0.29) is 11.7 Å². The lowest BCUT2D eigenvalue weighted by Gasteiger charge is -2.17. The van der Waals surface area contributed by atoms with Gasteiger partial charge in [-0.05, 0) is 49.9 Å². The smallest absolute Gasteiger partial charge is 0.254 e. The number of likely N-dealkylation sites (tertiary alicyclic amines) is 1. The first kappa shape index (κ1) is 13.0. The van der Waals surface area contributed by atoms with E-state index in [1.54, 1.807) is 6.07 Å². The molecule has 0 aliphatic carbocycles. The van der Waals surface area contributed by atoms with Gasteiger partial charge in [-0.3, -0.25) is 4.79 Å². The molecule has 1 aromatic carbocycles. The van der Waals surface area contributed by atoms with E-state index in [1.165, 1.54) is 12.1 Å². The third-order valence-corrected chi connectivity index (χ3v) is 3.58. The number of benzene rings is 1. The summed E-state index contributed by atoms with van der Waals surface area (Å²) < 4.78 is 13.2. The number of amides is 1. The maximum Gasteiger partial charge on any atom is 0.254 e. The number of nitrogens with two attached hydrogens (primary N) is 1. The molecule has 1 amide bonds. The van der Waals surface area contributed by atoms with Crippen molar-refractivity contribution in [1.29, 1.82) is 0 Å². The van der Waals surface area contributed by atoms with E-state index in [0.29, 0.717) is 18.0 Å². The minimum atomic E-state index is -0.360. The van der Waals surface area contributed by atoms with E-state index in [4.69, 9.17) is 5.73 Å². The molecule has 18 heavy (non-hydrogen) atoms. The summed E-state index contributed by atoms with van der Waals surface area (Å²) in [6.45, 7) is 3.98. The van der Waals surface area contributed by atoms with Crippen LogP contribution in [0.2, 0.25) is 0 Å². The minimum absolute atomic E-state index is 0.0634. The Morgan fingerprint density at radius 3 is 3.06 bits per heavy atom. The highest BCUT2D eigenvalue weighted by Gasteiger charge is 2.27. The van der Waals surface area contributed by atoms with Crippen molar-refractivity contribution in [3.63, 3.8) is 0 Å². The highest BCUT2D eigenvalue weighted by molar-refractivity contribution is 5.95. The molecule has 0 radical (unpaired) electrons. The minimum Gasteiger partial charge on any atom is -0.338 e. The molecule has 0 saturated carbocycles. The zero-order valence-corrected chi connectivity index (χ0v) is 10.7. The molecule has 1 aliphatic rings. The largest absolute Gasteiger partial charge is 0.338 e. The van der Waals surface area contributed by atoms with Crippen LogP contribution in [0.3, 0.4) is 0 Å². The van der Waals surface area contributed by atoms with Crippen molar-refractivity contribution in [2.24, 2.45) is 11.7 Å². The fourth-order valence-electron chi connectivity index (χ4n) is 2.48. The van der Waals surface area contributed by atoms with E-state index >= 15 is 0 Å². The molecule has 2 rings (SSSR count). The lowest BCUT2D eigenvalue weighted by atomic mass is 10.1. The standard InChI is InChI=1S/C14H19FN2O/c1-10-2-3-12(15)8-13(10)14(18)17-7-5-11(9-17)4-6-16/h2-3,8,11H,4-7,9,16H2,1H3.